The summed E-state index contributed by atoms with van der Waals surface area (Å²) in [4.78, 5) is 30.4. The summed E-state index contributed by atoms with van der Waals surface area (Å²) in [6.45, 7) is 5.16. The minimum Gasteiger partial charge on any atom is -0.362 e. The molecule has 1 aliphatic heterocycles. The second-order valence-electron chi connectivity index (χ2n) is 7.37. The van der Waals surface area contributed by atoms with E-state index in [9.17, 15) is 9.59 Å². The van der Waals surface area contributed by atoms with Crippen LogP contribution >= 0.6 is 0 Å². The second kappa shape index (κ2) is 8.37. The lowest BCUT2D eigenvalue weighted by atomic mass is 10.0. The molecule has 0 spiro atoms. The number of benzene rings is 3. The lowest BCUT2D eigenvalue weighted by molar-refractivity contribution is -0.120. The van der Waals surface area contributed by atoms with Gasteiger partial charge in [-0.15, -0.1) is 0 Å². The van der Waals surface area contributed by atoms with E-state index >= 15 is 0 Å². The average Bonchev–Trinajstić information content (AvgIpc) is 3.04. The molecule has 0 N–H and O–H groups in total. The number of anilines is 1. The van der Waals surface area contributed by atoms with E-state index in [1.807, 2.05) is 104 Å². The summed E-state index contributed by atoms with van der Waals surface area (Å²) in [6, 6.07) is 26.9. The topological polar surface area (TPSA) is 40.6 Å². The van der Waals surface area contributed by atoms with Crippen LogP contribution in [-0.4, -0.2) is 23.3 Å². The molecular formula is C26H24N2O2. The Labute approximate surface area is 177 Å². The van der Waals surface area contributed by atoms with Crippen molar-refractivity contribution in [2.75, 3.05) is 11.4 Å². The van der Waals surface area contributed by atoms with Gasteiger partial charge in [0.05, 0.1) is 11.3 Å². The van der Waals surface area contributed by atoms with Crippen LogP contribution in [0.4, 0.5) is 5.69 Å². The fourth-order valence-electron chi connectivity index (χ4n) is 3.76. The normalized spacial score (nSPS) is 13.9. The van der Waals surface area contributed by atoms with Crippen LogP contribution < -0.4 is 4.90 Å². The summed E-state index contributed by atoms with van der Waals surface area (Å²) in [5.74, 6) is -0.558. The zero-order chi connectivity index (χ0) is 21.1. The van der Waals surface area contributed by atoms with Crippen LogP contribution in [0.1, 0.15) is 23.6 Å². The van der Waals surface area contributed by atoms with Crippen molar-refractivity contribution in [1.29, 1.82) is 0 Å². The number of likely N-dealkylation sites (N-methyl/N-ethyl adjacent to an activating group) is 1. The summed E-state index contributed by atoms with van der Waals surface area (Å²) in [5, 5.41) is 0. The van der Waals surface area contributed by atoms with Gasteiger partial charge in [-0.3, -0.25) is 9.59 Å². The molecule has 0 atom stereocenters. The van der Waals surface area contributed by atoms with Crippen molar-refractivity contribution in [1.82, 2.24) is 4.90 Å². The van der Waals surface area contributed by atoms with Gasteiger partial charge in [-0.05, 0) is 37.1 Å². The maximum Gasteiger partial charge on any atom is 0.282 e. The van der Waals surface area contributed by atoms with Crippen molar-refractivity contribution in [3.8, 4) is 0 Å². The summed E-state index contributed by atoms with van der Waals surface area (Å²) < 4.78 is 0. The van der Waals surface area contributed by atoms with E-state index in [-0.39, 0.29) is 11.8 Å². The van der Waals surface area contributed by atoms with Crippen molar-refractivity contribution in [2.24, 2.45) is 0 Å². The first-order chi connectivity index (χ1) is 14.6. The molecule has 2 amide bonds. The largest absolute Gasteiger partial charge is 0.362 e. The molecule has 1 aliphatic rings. The monoisotopic (exact) mass is 396 g/mol. The van der Waals surface area contributed by atoms with Gasteiger partial charge in [0.1, 0.15) is 5.70 Å². The Hall–Kier alpha value is -3.66. The Morgan fingerprint density at radius 2 is 1.37 bits per heavy atom. The first-order valence-electron chi connectivity index (χ1n) is 10.1. The number of rotatable bonds is 6. The van der Waals surface area contributed by atoms with E-state index in [1.54, 1.807) is 0 Å². The van der Waals surface area contributed by atoms with Crippen molar-refractivity contribution in [3.05, 3.63) is 107 Å². The third-order valence-electron chi connectivity index (χ3n) is 5.33. The molecule has 1 heterocycles. The third kappa shape index (κ3) is 3.64. The Morgan fingerprint density at radius 3 is 1.97 bits per heavy atom. The fraction of sp³-hybridized carbons (Fsp3) is 0.154. The zero-order valence-electron chi connectivity index (χ0n) is 17.2. The zero-order valence-corrected chi connectivity index (χ0v) is 17.2. The molecule has 30 heavy (non-hydrogen) atoms. The summed E-state index contributed by atoms with van der Waals surface area (Å²) in [5.41, 5.74) is 4.43. The third-order valence-corrected chi connectivity index (χ3v) is 5.33. The van der Waals surface area contributed by atoms with Gasteiger partial charge in [0.2, 0.25) is 0 Å². The van der Waals surface area contributed by atoms with Gasteiger partial charge >= 0.3 is 0 Å². The Balaban J connectivity index is 1.81. The van der Waals surface area contributed by atoms with Gasteiger partial charge in [0, 0.05) is 13.1 Å². The highest BCUT2D eigenvalue weighted by atomic mass is 16.2. The van der Waals surface area contributed by atoms with E-state index in [1.165, 1.54) is 4.90 Å². The molecule has 150 valence electrons. The highest BCUT2D eigenvalue weighted by molar-refractivity contribution is 6.45. The molecule has 0 unspecified atom stereocenters. The number of hydrogen-bond donors (Lipinski definition) is 0. The van der Waals surface area contributed by atoms with Gasteiger partial charge in [-0.2, -0.15) is 0 Å². The lowest BCUT2D eigenvalue weighted by Crippen LogP contribution is -2.35. The van der Waals surface area contributed by atoms with Crippen LogP contribution in [-0.2, 0) is 16.1 Å². The van der Waals surface area contributed by atoms with Crippen molar-refractivity contribution >= 4 is 23.1 Å². The molecule has 0 saturated heterocycles. The first-order valence-corrected chi connectivity index (χ1v) is 10.1. The van der Waals surface area contributed by atoms with E-state index < -0.39 is 0 Å². The average molecular weight is 396 g/mol. The van der Waals surface area contributed by atoms with Crippen LogP contribution in [0.15, 0.2) is 90.6 Å². The number of imide groups is 1. The van der Waals surface area contributed by atoms with E-state index in [4.69, 9.17) is 0 Å². The van der Waals surface area contributed by atoms with E-state index in [0.29, 0.717) is 30.0 Å². The fourth-order valence-corrected chi connectivity index (χ4v) is 3.76. The maximum atomic E-state index is 13.6. The van der Waals surface area contributed by atoms with Crippen LogP contribution in [0, 0.1) is 6.92 Å². The van der Waals surface area contributed by atoms with Crippen LogP contribution in [0.25, 0.3) is 5.57 Å². The molecule has 4 nitrogen and oxygen atoms in total. The molecule has 0 saturated carbocycles. The minimum absolute atomic E-state index is 0.277. The molecule has 3 aromatic rings. The minimum atomic E-state index is -0.281. The van der Waals surface area contributed by atoms with Crippen LogP contribution in [0.2, 0.25) is 0 Å². The number of carbonyl (C=O) groups excluding carboxylic acids is 2. The Bertz CT molecular complexity index is 1090. The predicted octanol–water partition coefficient (Wildman–Crippen LogP) is 4.80. The van der Waals surface area contributed by atoms with Crippen molar-refractivity contribution in [2.45, 2.75) is 20.4 Å². The summed E-state index contributed by atoms with van der Waals surface area (Å²) in [7, 11) is 0. The molecule has 0 aromatic heterocycles. The number of hydrogen-bond acceptors (Lipinski definition) is 3. The van der Waals surface area contributed by atoms with E-state index in [2.05, 4.69) is 0 Å². The molecule has 4 rings (SSSR count). The van der Waals surface area contributed by atoms with Crippen LogP contribution in [0.3, 0.4) is 0 Å². The first kappa shape index (κ1) is 19.6. The van der Waals surface area contributed by atoms with E-state index in [0.717, 1.165) is 16.7 Å². The maximum absolute atomic E-state index is 13.6. The standard InChI is InChI=1S/C26H24N2O2/c1-3-27(18-20-10-6-4-7-11-20)24-23(21-12-8-5-9-13-21)25(29)28(26(24)30)22-16-14-19(2)15-17-22/h4-17H,3,18H2,1-2H3. The molecular weight excluding hydrogens is 372 g/mol. The number of nitrogens with zero attached hydrogens (tertiary/aromatic N) is 2. The molecule has 0 fully saturated rings. The van der Waals surface area contributed by atoms with Gasteiger partial charge in [0.15, 0.2) is 0 Å². The highest BCUT2D eigenvalue weighted by Gasteiger charge is 2.42. The summed E-state index contributed by atoms with van der Waals surface area (Å²) in [6.07, 6.45) is 0. The Morgan fingerprint density at radius 1 is 0.767 bits per heavy atom. The molecule has 0 bridgehead atoms. The van der Waals surface area contributed by atoms with Crippen molar-refractivity contribution < 1.29 is 9.59 Å². The predicted molar refractivity (Wildman–Crippen MR) is 120 cm³/mol. The summed E-state index contributed by atoms with van der Waals surface area (Å²) >= 11 is 0. The Kier molecular flexibility index (Phi) is 5.48. The quantitative estimate of drug-likeness (QED) is 0.562. The van der Waals surface area contributed by atoms with Gasteiger partial charge < -0.3 is 4.90 Å². The highest BCUT2D eigenvalue weighted by Crippen LogP contribution is 2.35. The number of carbonyl (C=O) groups is 2. The van der Waals surface area contributed by atoms with Gasteiger partial charge in [0.25, 0.3) is 11.8 Å². The van der Waals surface area contributed by atoms with Gasteiger partial charge in [-0.1, -0.05) is 78.4 Å². The molecule has 3 aromatic carbocycles. The number of amides is 2. The molecule has 4 heteroatoms. The SMILES string of the molecule is CCN(Cc1ccccc1)C1=C(c2ccccc2)C(=O)N(c2ccc(C)cc2)C1=O. The lowest BCUT2D eigenvalue weighted by Gasteiger charge is -2.25. The smallest absolute Gasteiger partial charge is 0.282 e. The van der Waals surface area contributed by atoms with Crippen LogP contribution in [0.5, 0.6) is 0 Å². The molecule has 0 aliphatic carbocycles. The molecule has 0 radical (unpaired) electrons. The van der Waals surface area contributed by atoms with Gasteiger partial charge in [-0.25, -0.2) is 4.90 Å². The van der Waals surface area contributed by atoms with Crippen molar-refractivity contribution in [3.63, 3.8) is 0 Å². The number of aryl methyl sites for hydroxylation is 1. The second-order valence-corrected chi connectivity index (χ2v) is 7.37.